The lowest BCUT2D eigenvalue weighted by molar-refractivity contribution is 0.0918. The van der Waals surface area contributed by atoms with Crippen LogP contribution in [0.5, 0.6) is 5.75 Å². The number of rotatable bonds is 5. The first-order valence-corrected chi connectivity index (χ1v) is 7.39. The summed E-state index contributed by atoms with van der Waals surface area (Å²) in [6.07, 6.45) is 1.97. The third-order valence-electron chi connectivity index (χ3n) is 2.93. The fourth-order valence-corrected chi connectivity index (χ4v) is 2.14. The van der Waals surface area contributed by atoms with Crippen molar-refractivity contribution in [2.24, 2.45) is 0 Å². The molecule has 0 saturated heterocycles. The van der Waals surface area contributed by atoms with E-state index in [1.165, 1.54) is 6.07 Å². The van der Waals surface area contributed by atoms with Crippen LogP contribution in [0, 0.1) is 12.7 Å². The molecule has 2 rings (SSSR count). The topological polar surface area (TPSA) is 26.3 Å². The predicted molar refractivity (Wildman–Crippen MR) is 79.2 cm³/mol. The number of ether oxygens (including phenoxy) is 1. The summed E-state index contributed by atoms with van der Waals surface area (Å²) in [5, 5.41) is 0. The molecule has 0 bridgehead atoms. The van der Waals surface area contributed by atoms with Gasteiger partial charge in [0, 0.05) is 10.5 Å². The Balaban J connectivity index is 2.02. The monoisotopic (exact) mass is 290 g/mol. The van der Waals surface area contributed by atoms with Crippen LogP contribution in [-0.4, -0.2) is 18.6 Å². The third kappa shape index (κ3) is 3.39. The average Bonchev–Trinajstić information content (AvgIpc) is 2.48. The largest absolute Gasteiger partial charge is 0.482 e. The van der Waals surface area contributed by atoms with Gasteiger partial charge in [0.2, 0.25) is 0 Å². The molecule has 4 heteroatoms. The molecule has 0 amide bonds. The van der Waals surface area contributed by atoms with Gasteiger partial charge in [-0.1, -0.05) is 24.3 Å². The minimum Gasteiger partial charge on any atom is -0.482 e. The minimum atomic E-state index is -0.418. The Morgan fingerprint density at radius 1 is 1.20 bits per heavy atom. The van der Waals surface area contributed by atoms with E-state index in [1.54, 1.807) is 43.0 Å². The molecule has 0 heterocycles. The van der Waals surface area contributed by atoms with E-state index in [9.17, 15) is 9.18 Å². The number of halogens is 1. The standard InChI is InChI=1S/C16H15FO2S/c1-11-4-3-5-15(16(11)17)19-10-14(18)12-6-8-13(20-2)9-7-12/h3-9H,10H2,1-2H3. The van der Waals surface area contributed by atoms with E-state index in [4.69, 9.17) is 4.74 Å². The summed E-state index contributed by atoms with van der Waals surface area (Å²) in [7, 11) is 0. The maximum atomic E-state index is 13.7. The number of thioether (sulfide) groups is 1. The predicted octanol–water partition coefficient (Wildman–Crippen LogP) is 4.12. The summed E-state index contributed by atoms with van der Waals surface area (Å²) in [5.41, 5.74) is 1.06. The highest BCUT2D eigenvalue weighted by molar-refractivity contribution is 7.98. The van der Waals surface area contributed by atoms with Crippen LogP contribution in [0.25, 0.3) is 0 Å². The lowest BCUT2D eigenvalue weighted by Gasteiger charge is -2.08. The molecule has 0 N–H and O–H groups in total. The van der Waals surface area contributed by atoms with Crippen molar-refractivity contribution < 1.29 is 13.9 Å². The van der Waals surface area contributed by atoms with E-state index < -0.39 is 5.82 Å². The molecule has 0 aliphatic heterocycles. The van der Waals surface area contributed by atoms with E-state index in [1.807, 2.05) is 18.4 Å². The molecule has 104 valence electrons. The molecule has 0 radical (unpaired) electrons. The summed E-state index contributed by atoms with van der Waals surface area (Å²) in [6.45, 7) is 1.49. The van der Waals surface area contributed by atoms with Gasteiger partial charge in [0.25, 0.3) is 0 Å². The number of hydrogen-bond acceptors (Lipinski definition) is 3. The van der Waals surface area contributed by atoms with Crippen LogP contribution in [0.1, 0.15) is 15.9 Å². The quantitative estimate of drug-likeness (QED) is 0.612. The summed E-state index contributed by atoms with van der Waals surface area (Å²) in [6, 6.07) is 12.1. The number of carbonyl (C=O) groups is 1. The van der Waals surface area contributed by atoms with Crippen molar-refractivity contribution in [2.45, 2.75) is 11.8 Å². The van der Waals surface area contributed by atoms with E-state index in [-0.39, 0.29) is 18.1 Å². The summed E-state index contributed by atoms with van der Waals surface area (Å²) in [5.74, 6) is -0.476. The van der Waals surface area contributed by atoms with Crippen molar-refractivity contribution in [3.8, 4) is 5.75 Å². The van der Waals surface area contributed by atoms with Crippen molar-refractivity contribution in [3.63, 3.8) is 0 Å². The molecular formula is C16H15FO2S. The second-order valence-corrected chi connectivity index (χ2v) is 5.21. The number of Topliss-reactive ketones (excluding diaryl/α,β-unsaturated/α-hetero) is 1. The summed E-state index contributed by atoms with van der Waals surface area (Å²) in [4.78, 5) is 13.0. The van der Waals surface area contributed by atoms with Crippen molar-refractivity contribution in [3.05, 3.63) is 59.4 Å². The number of hydrogen-bond donors (Lipinski definition) is 0. The Hall–Kier alpha value is -1.81. The zero-order valence-corrected chi connectivity index (χ0v) is 12.2. The molecule has 0 aliphatic carbocycles. The van der Waals surface area contributed by atoms with Gasteiger partial charge < -0.3 is 4.74 Å². The van der Waals surface area contributed by atoms with Crippen LogP contribution in [0.4, 0.5) is 4.39 Å². The highest BCUT2D eigenvalue weighted by Gasteiger charge is 2.10. The fraction of sp³-hybridized carbons (Fsp3) is 0.188. The molecule has 0 aliphatic rings. The molecule has 0 unspecified atom stereocenters. The molecule has 2 aromatic rings. The molecule has 20 heavy (non-hydrogen) atoms. The smallest absolute Gasteiger partial charge is 0.200 e. The van der Waals surface area contributed by atoms with Gasteiger partial charge in [-0.3, -0.25) is 4.79 Å². The van der Waals surface area contributed by atoms with E-state index in [2.05, 4.69) is 0 Å². The molecule has 2 aromatic carbocycles. The van der Waals surface area contributed by atoms with Crippen LogP contribution in [0.3, 0.4) is 0 Å². The lowest BCUT2D eigenvalue weighted by atomic mass is 10.1. The van der Waals surface area contributed by atoms with Crippen molar-refractivity contribution in [1.29, 1.82) is 0 Å². The number of ketones is 1. The highest BCUT2D eigenvalue weighted by Crippen LogP contribution is 2.20. The maximum absolute atomic E-state index is 13.7. The number of benzene rings is 2. The third-order valence-corrected chi connectivity index (χ3v) is 3.67. The van der Waals surface area contributed by atoms with Gasteiger partial charge in [-0.2, -0.15) is 0 Å². The molecule has 0 saturated carbocycles. The first kappa shape index (κ1) is 14.6. The zero-order valence-electron chi connectivity index (χ0n) is 11.4. The average molecular weight is 290 g/mol. The van der Waals surface area contributed by atoms with Crippen molar-refractivity contribution in [1.82, 2.24) is 0 Å². The number of carbonyl (C=O) groups excluding carboxylic acids is 1. The van der Waals surface area contributed by atoms with Crippen molar-refractivity contribution >= 4 is 17.5 Å². The zero-order chi connectivity index (χ0) is 14.5. The Labute approximate surface area is 122 Å². The van der Waals surface area contributed by atoms with E-state index in [0.29, 0.717) is 11.1 Å². The molecular weight excluding hydrogens is 275 g/mol. The van der Waals surface area contributed by atoms with E-state index in [0.717, 1.165) is 4.90 Å². The Kier molecular flexibility index (Phi) is 4.79. The Bertz CT molecular complexity index is 608. The minimum absolute atomic E-state index is 0.110. The fourth-order valence-electron chi connectivity index (χ4n) is 1.74. The summed E-state index contributed by atoms with van der Waals surface area (Å²) < 4.78 is 19.0. The van der Waals surface area contributed by atoms with E-state index >= 15 is 0 Å². The first-order valence-electron chi connectivity index (χ1n) is 6.17. The van der Waals surface area contributed by atoms with Crippen LogP contribution in [-0.2, 0) is 0 Å². The molecule has 0 spiro atoms. The van der Waals surface area contributed by atoms with Gasteiger partial charge in [0.15, 0.2) is 24.0 Å². The van der Waals surface area contributed by atoms with Crippen LogP contribution < -0.4 is 4.74 Å². The second-order valence-electron chi connectivity index (χ2n) is 4.33. The Morgan fingerprint density at radius 3 is 2.55 bits per heavy atom. The number of aryl methyl sites for hydroxylation is 1. The van der Waals surface area contributed by atoms with Gasteiger partial charge >= 0.3 is 0 Å². The Morgan fingerprint density at radius 2 is 1.90 bits per heavy atom. The SMILES string of the molecule is CSc1ccc(C(=O)COc2cccc(C)c2F)cc1. The van der Waals surface area contributed by atoms with Gasteiger partial charge in [-0.15, -0.1) is 11.8 Å². The summed E-state index contributed by atoms with van der Waals surface area (Å²) >= 11 is 1.61. The molecule has 0 aromatic heterocycles. The molecule has 0 atom stereocenters. The molecule has 2 nitrogen and oxygen atoms in total. The van der Waals surface area contributed by atoms with Gasteiger partial charge in [0.1, 0.15) is 0 Å². The second kappa shape index (κ2) is 6.57. The van der Waals surface area contributed by atoms with Gasteiger partial charge in [-0.05, 0) is 36.9 Å². The maximum Gasteiger partial charge on any atom is 0.200 e. The lowest BCUT2D eigenvalue weighted by Crippen LogP contribution is -2.12. The highest BCUT2D eigenvalue weighted by atomic mass is 32.2. The van der Waals surface area contributed by atoms with Crippen LogP contribution in [0.15, 0.2) is 47.4 Å². The molecule has 0 fully saturated rings. The first-order chi connectivity index (χ1) is 9.61. The van der Waals surface area contributed by atoms with Gasteiger partial charge in [-0.25, -0.2) is 4.39 Å². The van der Waals surface area contributed by atoms with Gasteiger partial charge in [0.05, 0.1) is 0 Å². The van der Waals surface area contributed by atoms with Crippen LogP contribution in [0.2, 0.25) is 0 Å². The normalized spacial score (nSPS) is 10.3. The van der Waals surface area contributed by atoms with Crippen LogP contribution >= 0.6 is 11.8 Å². The van der Waals surface area contributed by atoms with Crippen molar-refractivity contribution in [2.75, 3.05) is 12.9 Å².